The van der Waals surface area contributed by atoms with Crippen molar-refractivity contribution in [3.05, 3.63) is 56.2 Å². The first-order chi connectivity index (χ1) is 8.25. The highest BCUT2D eigenvalue weighted by atomic mass is 35.5. The highest BCUT2D eigenvalue weighted by molar-refractivity contribution is 7.20. The standard InChI is InChI=1S/C13H13Cl2NS/c14-12-8-11(13(15)17-12)6-7-16-9-10-4-2-1-3-5-10/h1-5,8,16H,6-7,9H2. The Morgan fingerprint density at radius 3 is 2.53 bits per heavy atom. The molecule has 4 heteroatoms. The summed E-state index contributed by atoms with van der Waals surface area (Å²) in [6, 6.07) is 12.3. The number of nitrogens with one attached hydrogen (secondary N) is 1. The number of hydrogen-bond acceptors (Lipinski definition) is 2. The molecule has 0 aliphatic rings. The highest BCUT2D eigenvalue weighted by Crippen LogP contribution is 2.31. The molecule has 0 fully saturated rings. The summed E-state index contributed by atoms with van der Waals surface area (Å²) in [5.74, 6) is 0. The largest absolute Gasteiger partial charge is 0.312 e. The summed E-state index contributed by atoms with van der Waals surface area (Å²) in [5.41, 5.74) is 2.42. The van der Waals surface area contributed by atoms with Crippen molar-refractivity contribution in [2.45, 2.75) is 13.0 Å². The second-order valence-electron chi connectivity index (χ2n) is 3.76. The van der Waals surface area contributed by atoms with Crippen LogP contribution in [-0.2, 0) is 13.0 Å². The van der Waals surface area contributed by atoms with Crippen LogP contribution in [0.4, 0.5) is 0 Å². The van der Waals surface area contributed by atoms with Crippen LogP contribution in [0.15, 0.2) is 36.4 Å². The molecule has 0 atom stereocenters. The third kappa shape index (κ3) is 4.00. The molecule has 1 aromatic carbocycles. The predicted octanol–water partition coefficient (Wildman–Crippen LogP) is 4.39. The van der Waals surface area contributed by atoms with Gasteiger partial charge < -0.3 is 5.32 Å². The van der Waals surface area contributed by atoms with E-state index in [0.717, 1.165) is 33.7 Å². The van der Waals surface area contributed by atoms with Crippen LogP contribution >= 0.6 is 34.5 Å². The van der Waals surface area contributed by atoms with Crippen LogP contribution in [-0.4, -0.2) is 6.54 Å². The first-order valence-corrected chi connectivity index (χ1v) is 7.01. The molecule has 17 heavy (non-hydrogen) atoms. The van der Waals surface area contributed by atoms with Gasteiger partial charge in [0.05, 0.1) is 8.67 Å². The summed E-state index contributed by atoms with van der Waals surface area (Å²) in [6.07, 6.45) is 0.912. The van der Waals surface area contributed by atoms with E-state index in [2.05, 4.69) is 17.4 Å². The Bertz CT molecular complexity index is 468. The molecule has 0 aliphatic carbocycles. The summed E-state index contributed by atoms with van der Waals surface area (Å²) < 4.78 is 1.56. The molecule has 2 aromatic rings. The molecule has 0 radical (unpaired) electrons. The van der Waals surface area contributed by atoms with Crippen LogP contribution in [0, 0.1) is 0 Å². The zero-order valence-corrected chi connectivity index (χ0v) is 11.6. The quantitative estimate of drug-likeness (QED) is 0.804. The Morgan fingerprint density at radius 1 is 1.12 bits per heavy atom. The van der Waals surface area contributed by atoms with Crippen molar-refractivity contribution >= 4 is 34.5 Å². The molecule has 0 saturated carbocycles. The maximum absolute atomic E-state index is 6.05. The van der Waals surface area contributed by atoms with E-state index in [9.17, 15) is 0 Å². The second kappa shape index (κ2) is 6.41. The van der Waals surface area contributed by atoms with Gasteiger partial charge in [0.1, 0.15) is 0 Å². The van der Waals surface area contributed by atoms with Crippen LogP contribution in [0.5, 0.6) is 0 Å². The molecule has 1 nitrogen and oxygen atoms in total. The Labute approximate surface area is 115 Å². The molecule has 1 heterocycles. The SMILES string of the molecule is Clc1cc(CCNCc2ccccc2)c(Cl)s1. The monoisotopic (exact) mass is 285 g/mol. The Balaban J connectivity index is 1.75. The Morgan fingerprint density at radius 2 is 1.88 bits per heavy atom. The van der Waals surface area contributed by atoms with Gasteiger partial charge in [0, 0.05) is 6.54 Å². The molecule has 0 amide bonds. The van der Waals surface area contributed by atoms with Crippen molar-refractivity contribution in [3.8, 4) is 0 Å². The number of hydrogen-bond donors (Lipinski definition) is 1. The van der Waals surface area contributed by atoms with Gasteiger partial charge in [-0.1, -0.05) is 53.5 Å². The summed E-state index contributed by atoms with van der Waals surface area (Å²) in [5, 5.41) is 3.39. The number of benzene rings is 1. The van der Waals surface area contributed by atoms with Gasteiger partial charge in [-0.3, -0.25) is 0 Å². The van der Waals surface area contributed by atoms with E-state index in [0.29, 0.717) is 0 Å². The van der Waals surface area contributed by atoms with Gasteiger partial charge in [-0.15, -0.1) is 11.3 Å². The molecule has 0 spiro atoms. The first kappa shape index (κ1) is 12.9. The maximum atomic E-state index is 6.05. The van der Waals surface area contributed by atoms with Crippen molar-refractivity contribution in [2.24, 2.45) is 0 Å². The summed E-state index contributed by atoms with van der Waals surface area (Å²) in [6.45, 7) is 1.79. The average Bonchev–Trinajstić information content (AvgIpc) is 2.65. The van der Waals surface area contributed by atoms with Gasteiger partial charge in [-0.05, 0) is 30.2 Å². The van der Waals surface area contributed by atoms with Gasteiger partial charge >= 0.3 is 0 Å². The Kier molecular flexibility index (Phi) is 4.86. The molecule has 0 bridgehead atoms. The normalized spacial score (nSPS) is 10.7. The van der Waals surface area contributed by atoms with E-state index >= 15 is 0 Å². The lowest BCUT2D eigenvalue weighted by molar-refractivity contribution is 0.688. The van der Waals surface area contributed by atoms with Crippen molar-refractivity contribution in [3.63, 3.8) is 0 Å². The molecule has 2 rings (SSSR count). The van der Waals surface area contributed by atoms with Crippen molar-refractivity contribution in [2.75, 3.05) is 6.54 Å². The van der Waals surface area contributed by atoms with Crippen molar-refractivity contribution in [1.82, 2.24) is 5.32 Å². The molecule has 0 unspecified atom stereocenters. The third-order valence-corrected chi connectivity index (χ3v) is 4.04. The number of rotatable bonds is 5. The topological polar surface area (TPSA) is 12.0 Å². The lowest BCUT2D eigenvalue weighted by Crippen LogP contribution is -2.16. The van der Waals surface area contributed by atoms with Crippen LogP contribution in [0.2, 0.25) is 8.67 Å². The van der Waals surface area contributed by atoms with E-state index in [1.165, 1.54) is 16.9 Å². The number of thiophene rings is 1. The molecular weight excluding hydrogens is 273 g/mol. The smallest absolute Gasteiger partial charge is 0.0976 e. The molecule has 90 valence electrons. The highest BCUT2D eigenvalue weighted by Gasteiger charge is 2.04. The second-order valence-corrected chi connectivity index (χ2v) is 6.05. The first-order valence-electron chi connectivity index (χ1n) is 5.44. The average molecular weight is 286 g/mol. The lowest BCUT2D eigenvalue weighted by atomic mass is 10.2. The maximum Gasteiger partial charge on any atom is 0.0976 e. The van der Waals surface area contributed by atoms with Crippen LogP contribution < -0.4 is 5.32 Å². The lowest BCUT2D eigenvalue weighted by Gasteiger charge is -2.04. The zero-order valence-electron chi connectivity index (χ0n) is 9.25. The van der Waals surface area contributed by atoms with E-state index in [4.69, 9.17) is 23.2 Å². The Hall–Kier alpha value is -0.540. The molecular formula is C13H13Cl2NS. The van der Waals surface area contributed by atoms with Crippen molar-refractivity contribution in [1.29, 1.82) is 0 Å². The fourth-order valence-corrected chi connectivity index (χ4v) is 3.14. The fourth-order valence-electron chi connectivity index (χ4n) is 1.60. The predicted molar refractivity (Wildman–Crippen MR) is 76.2 cm³/mol. The van der Waals surface area contributed by atoms with E-state index in [1.54, 1.807) is 0 Å². The third-order valence-electron chi connectivity index (χ3n) is 2.47. The van der Waals surface area contributed by atoms with Gasteiger partial charge in [0.2, 0.25) is 0 Å². The van der Waals surface area contributed by atoms with Crippen LogP contribution in [0.25, 0.3) is 0 Å². The van der Waals surface area contributed by atoms with Crippen molar-refractivity contribution < 1.29 is 0 Å². The van der Waals surface area contributed by atoms with Crippen LogP contribution in [0.3, 0.4) is 0 Å². The summed E-state index contributed by atoms with van der Waals surface area (Å²) in [4.78, 5) is 0. The van der Waals surface area contributed by atoms with Gasteiger partial charge in [0.15, 0.2) is 0 Å². The van der Waals surface area contributed by atoms with Crippen LogP contribution in [0.1, 0.15) is 11.1 Å². The minimum atomic E-state index is 0.757. The van der Waals surface area contributed by atoms with Gasteiger partial charge in [-0.2, -0.15) is 0 Å². The molecule has 0 aliphatic heterocycles. The summed E-state index contributed by atoms with van der Waals surface area (Å²) in [7, 11) is 0. The van der Waals surface area contributed by atoms with E-state index in [-0.39, 0.29) is 0 Å². The van der Waals surface area contributed by atoms with E-state index < -0.39 is 0 Å². The van der Waals surface area contributed by atoms with Gasteiger partial charge in [0.25, 0.3) is 0 Å². The minimum absolute atomic E-state index is 0.757. The van der Waals surface area contributed by atoms with Gasteiger partial charge in [-0.25, -0.2) is 0 Å². The number of halogens is 2. The zero-order chi connectivity index (χ0) is 12.1. The molecule has 1 aromatic heterocycles. The molecule has 0 saturated heterocycles. The summed E-state index contributed by atoms with van der Waals surface area (Å²) >= 11 is 13.4. The fraction of sp³-hybridized carbons (Fsp3) is 0.231. The van der Waals surface area contributed by atoms with E-state index in [1.807, 2.05) is 24.3 Å². The molecule has 1 N–H and O–H groups in total. The minimum Gasteiger partial charge on any atom is -0.312 e.